The Morgan fingerprint density at radius 1 is 1.00 bits per heavy atom. The number of rotatable bonds is 6. The summed E-state index contributed by atoms with van der Waals surface area (Å²) in [6, 6.07) is 18.2. The highest BCUT2D eigenvalue weighted by molar-refractivity contribution is 6.35. The fourth-order valence-electron chi connectivity index (χ4n) is 3.10. The molecule has 5 nitrogen and oxygen atoms in total. The molecule has 1 aromatic heterocycles. The molecule has 31 heavy (non-hydrogen) atoms. The maximum Gasteiger partial charge on any atom is 0.187 e. The highest BCUT2D eigenvalue weighted by Crippen LogP contribution is 2.34. The fourth-order valence-corrected chi connectivity index (χ4v) is 3.63. The first-order valence-corrected chi connectivity index (χ1v) is 10.1. The maximum absolute atomic E-state index is 7.02. The average molecular weight is 450 g/mol. The second-order valence-corrected chi connectivity index (χ2v) is 7.59. The van der Waals surface area contributed by atoms with Gasteiger partial charge in [-0.2, -0.15) is 0 Å². The molecule has 0 aliphatic heterocycles. The number of nitrogens with zero attached hydrogens (tertiary/aromatic N) is 2. The minimum atomic E-state index is 0.392. The molecule has 0 aliphatic carbocycles. The Morgan fingerprint density at radius 3 is 2.42 bits per heavy atom. The first-order valence-electron chi connectivity index (χ1n) is 9.35. The molecule has 0 saturated carbocycles. The van der Waals surface area contributed by atoms with Gasteiger partial charge < -0.3 is 14.5 Å². The molecule has 4 aromatic rings. The summed E-state index contributed by atoms with van der Waals surface area (Å²) in [7, 11) is 1.61. The van der Waals surface area contributed by atoms with E-state index in [2.05, 4.69) is 14.8 Å². The van der Waals surface area contributed by atoms with Crippen LogP contribution < -0.4 is 9.47 Å². The fraction of sp³-hybridized carbons (Fsp3) is 0.0833. The zero-order valence-corrected chi connectivity index (χ0v) is 18.0. The second-order valence-electron chi connectivity index (χ2n) is 6.72. The van der Waals surface area contributed by atoms with Crippen molar-refractivity contribution in [3.63, 3.8) is 0 Å². The van der Waals surface area contributed by atoms with Crippen LogP contribution in [0.3, 0.4) is 0 Å². The van der Waals surface area contributed by atoms with E-state index >= 15 is 0 Å². The van der Waals surface area contributed by atoms with Gasteiger partial charge in [-0.05, 0) is 35.9 Å². The summed E-state index contributed by atoms with van der Waals surface area (Å²) >= 11 is 12.2. The number of hydrogen-bond acceptors (Lipinski definition) is 3. The molecule has 154 valence electrons. The van der Waals surface area contributed by atoms with Crippen molar-refractivity contribution < 1.29 is 9.47 Å². The summed E-state index contributed by atoms with van der Waals surface area (Å²) in [4.78, 5) is 11.2. The van der Waals surface area contributed by atoms with Crippen molar-refractivity contribution in [3.05, 3.63) is 93.9 Å². The van der Waals surface area contributed by atoms with Gasteiger partial charge in [0.25, 0.3) is 0 Å². The zero-order chi connectivity index (χ0) is 21.8. The maximum atomic E-state index is 7.02. The summed E-state index contributed by atoms with van der Waals surface area (Å²) in [5.41, 5.74) is 3.93. The van der Waals surface area contributed by atoms with E-state index in [1.807, 2.05) is 30.3 Å². The molecular weight excluding hydrogens is 433 g/mol. The minimum Gasteiger partial charge on any atom is -0.496 e. The summed E-state index contributed by atoms with van der Waals surface area (Å²) in [6.07, 6.45) is 1.81. The summed E-state index contributed by atoms with van der Waals surface area (Å²) in [5, 5.41) is 1.09. The van der Waals surface area contributed by atoms with Gasteiger partial charge in [0.15, 0.2) is 5.69 Å². The van der Waals surface area contributed by atoms with Gasteiger partial charge in [0.1, 0.15) is 23.9 Å². The van der Waals surface area contributed by atoms with Crippen LogP contribution in [0.25, 0.3) is 27.5 Å². The minimum absolute atomic E-state index is 0.392. The van der Waals surface area contributed by atoms with E-state index < -0.39 is 0 Å². The number of methoxy groups -OCH3 is 1. The molecule has 1 N–H and O–H groups in total. The number of aromatic amines is 1. The Kier molecular flexibility index (Phi) is 6.13. The predicted octanol–water partition coefficient (Wildman–Crippen LogP) is 7.19. The van der Waals surface area contributed by atoms with E-state index in [-0.39, 0.29) is 0 Å². The number of ether oxygens (including phenoxy) is 2. The highest BCUT2D eigenvalue weighted by atomic mass is 35.5. The molecule has 0 spiro atoms. The first-order chi connectivity index (χ1) is 15.1. The predicted molar refractivity (Wildman–Crippen MR) is 123 cm³/mol. The molecule has 0 radical (unpaired) electrons. The van der Waals surface area contributed by atoms with Gasteiger partial charge in [0.2, 0.25) is 0 Å². The lowest BCUT2D eigenvalue weighted by molar-refractivity contribution is 0.304. The first kappa shape index (κ1) is 20.8. The normalized spacial score (nSPS) is 10.5. The van der Waals surface area contributed by atoms with E-state index in [9.17, 15) is 0 Å². The van der Waals surface area contributed by atoms with Crippen molar-refractivity contribution in [1.29, 1.82) is 0 Å². The second kappa shape index (κ2) is 9.13. The van der Waals surface area contributed by atoms with Crippen molar-refractivity contribution in [2.45, 2.75) is 6.61 Å². The third-order valence-corrected chi connectivity index (χ3v) is 5.07. The monoisotopic (exact) mass is 449 g/mol. The molecule has 1 heterocycles. The molecule has 0 unspecified atom stereocenters. The third kappa shape index (κ3) is 4.83. The molecule has 0 saturated heterocycles. The number of aromatic nitrogens is 2. The van der Waals surface area contributed by atoms with Crippen LogP contribution in [0.5, 0.6) is 11.5 Å². The van der Waals surface area contributed by atoms with Crippen LogP contribution >= 0.6 is 23.2 Å². The molecule has 0 bridgehead atoms. The van der Waals surface area contributed by atoms with Crippen molar-refractivity contribution >= 4 is 28.9 Å². The summed E-state index contributed by atoms with van der Waals surface area (Å²) in [6.45, 7) is 7.41. The van der Waals surface area contributed by atoms with Crippen LogP contribution in [-0.2, 0) is 6.61 Å². The van der Waals surface area contributed by atoms with Crippen molar-refractivity contribution in [3.8, 4) is 34.1 Å². The van der Waals surface area contributed by atoms with Crippen molar-refractivity contribution in [1.82, 2.24) is 9.97 Å². The number of imidazole rings is 1. The van der Waals surface area contributed by atoms with E-state index in [0.29, 0.717) is 39.7 Å². The third-order valence-electron chi connectivity index (χ3n) is 4.63. The molecule has 7 heteroatoms. The molecule has 0 aliphatic rings. The van der Waals surface area contributed by atoms with Gasteiger partial charge in [0.05, 0.1) is 19.4 Å². The lowest BCUT2D eigenvalue weighted by Gasteiger charge is -2.11. The smallest absolute Gasteiger partial charge is 0.187 e. The molecule has 0 amide bonds. The summed E-state index contributed by atoms with van der Waals surface area (Å²) < 4.78 is 11.5. The van der Waals surface area contributed by atoms with Gasteiger partial charge in [-0.3, -0.25) is 0 Å². The van der Waals surface area contributed by atoms with Crippen LogP contribution in [0.4, 0.5) is 5.69 Å². The van der Waals surface area contributed by atoms with E-state index in [4.69, 9.17) is 39.2 Å². The van der Waals surface area contributed by atoms with E-state index in [1.165, 1.54) is 0 Å². The lowest BCUT2D eigenvalue weighted by atomic mass is 10.1. The average Bonchev–Trinajstić information content (AvgIpc) is 3.27. The van der Waals surface area contributed by atoms with Gasteiger partial charge in [-0.1, -0.05) is 47.5 Å². The SMILES string of the molecule is [C-]#[N+]c1ccc(COc2ccc(-c3c[nH]c(-c4cc(Cl)cc(Cl)c4)n3)c(OC)c2)cc1. The Bertz CT molecular complexity index is 1240. The molecule has 3 aromatic carbocycles. The van der Waals surface area contributed by atoms with Gasteiger partial charge in [-0.15, -0.1) is 0 Å². The Hall–Kier alpha value is -3.46. The van der Waals surface area contributed by atoms with Crippen LogP contribution in [0.2, 0.25) is 10.0 Å². The Labute approximate surface area is 190 Å². The molecule has 4 rings (SSSR count). The number of H-pyrrole nitrogens is 1. The van der Waals surface area contributed by atoms with E-state index in [1.54, 1.807) is 43.6 Å². The summed E-state index contributed by atoms with van der Waals surface area (Å²) in [5.74, 6) is 1.97. The molecular formula is C24H17Cl2N3O2. The van der Waals surface area contributed by atoms with Crippen LogP contribution in [0.15, 0.2) is 66.9 Å². The number of benzene rings is 3. The quantitative estimate of drug-likeness (QED) is 0.317. The van der Waals surface area contributed by atoms with Crippen LogP contribution in [-0.4, -0.2) is 17.1 Å². The largest absolute Gasteiger partial charge is 0.496 e. The number of nitrogens with one attached hydrogen (secondary N) is 1. The van der Waals surface area contributed by atoms with Crippen molar-refractivity contribution in [2.24, 2.45) is 0 Å². The Morgan fingerprint density at radius 2 is 1.74 bits per heavy atom. The topological polar surface area (TPSA) is 51.5 Å². The lowest BCUT2D eigenvalue weighted by Crippen LogP contribution is -1.96. The molecule has 0 fully saturated rings. The van der Waals surface area contributed by atoms with Gasteiger partial charge in [-0.25, -0.2) is 9.83 Å². The molecule has 0 atom stereocenters. The van der Waals surface area contributed by atoms with Crippen LogP contribution in [0, 0.1) is 6.57 Å². The van der Waals surface area contributed by atoms with E-state index in [0.717, 1.165) is 22.4 Å². The number of hydrogen-bond donors (Lipinski definition) is 1. The van der Waals surface area contributed by atoms with Gasteiger partial charge in [0, 0.05) is 33.4 Å². The highest BCUT2D eigenvalue weighted by Gasteiger charge is 2.13. The standard InChI is InChI=1S/C24H17Cl2N3O2/c1-27-19-5-3-15(4-6-19)14-31-20-7-8-21(23(12-20)30-2)22-13-28-24(29-22)16-9-17(25)11-18(26)10-16/h3-13H,14H2,2H3,(H,28,29). The van der Waals surface area contributed by atoms with Crippen LogP contribution in [0.1, 0.15) is 5.56 Å². The van der Waals surface area contributed by atoms with Gasteiger partial charge >= 0.3 is 0 Å². The Balaban J connectivity index is 1.54. The zero-order valence-electron chi connectivity index (χ0n) is 16.5. The van der Waals surface area contributed by atoms with Crippen molar-refractivity contribution in [2.75, 3.05) is 7.11 Å². The number of halogens is 2.